The van der Waals surface area contributed by atoms with Gasteiger partial charge in [-0.05, 0) is 78.9 Å². The Balaban J connectivity index is 1.30. The summed E-state index contributed by atoms with van der Waals surface area (Å²) in [4.78, 5) is 7.17. The van der Waals surface area contributed by atoms with Crippen molar-refractivity contribution in [2.75, 3.05) is 38.6 Å². The highest BCUT2D eigenvalue weighted by atomic mass is 19.4. The fourth-order valence-corrected chi connectivity index (χ4v) is 5.16. The van der Waals surface area contributed by atoms with Gasteiger partial charge in [0.1, 0.15) is 6.33 Å². The number of likely N-dealkylation sites (tertiary alicyclic amines) is 1. The molecule has 0 spiro atoms. The lowest BCUT2D eigenvalue weighted by Gasteiger charge is -2.21. The second kappa shape index (κ2) is 11.8. The number of nitrogens with zero attached hydrogens (tertiary/aromatic N) is 3. The quantitative estimate of drug-likeness (QED) is 0.230. The average molecular weight is 538 g/mol. The summed E-state index contributed by atoms with van der Waals surface area (Å²) < 4.78 is 44.8. The van der Waals surface area contributed by atoms with Crippen LogP contribution in [0.5, 0.6) is 0 Å². The number of anilines is 1. The molecule has 2 N–H and O–H groups in total. The van der Waals surface area contributed by atoms with Gasteiger partial charge in [-0.1, -0.05) is 43.3 Å². The highest BCUT2D eigenvalue weighted by Gasteiger charge is 2.28. The van der Waals surface area contributed by atoms with E-state index in [1.165, 1.54) is 38.6 Å². The van der Waals surface area contributed by atoms with Crippen molar-refractivity contribution in [1.29, 1.82) is 0 Å². The van der Waals surface area contributed by atoms with Gasteiger partial charge in [0.05, 0.1) is 17.6 Å². The van der Waals surface area contributed by atoms with E-state index in [1.54, 1.807) is 12.4 Å². The van der Waals surface area contributed by atoms with E-state index in [9.17, 15) is 13.2 Å². The largest absolute Gasteiger partial charge is 0.401 e. The summed E-state index contributed by atoms with van der Waals surface area (Å²) >= 11 is 0. The van der Waals surface area contributed by atoms with Crippen LogP contribution in [-0.2, 0) is 4.74 Å². The first kappa shape index (κ1) is 27.2. The van der Waals surface area contributed by atoms with Gasteiger partial charge in [-0.3, -0.25) is 9.88 Å². The Kier molecular flexibility index (Phi) is 8.20. The SMILES string of the molecule is COC(NCC(F)(F)F)Nc1cccc(-n2cnc3cc(-c4ccc(C(C)CN5CCCC5)cc4)ccc32)c1. The number of halogens is 3. The molecule has 2 heterocycles. The summed E-state index contributed by atoms with van der Waals surface area (Å²) in [5, 5.41) is 5.25. The highest BCUT2D eigenvalue weighted by Crippen LogP contribution is 2.28. The number of benzene rings is 3. The monoisotopic (exact) mass is 537 g/mol. The van der Waals surface area contributed by atoms with Crippen LogP contribution in [0.4, 0.5) is 18.9 Å². The Morgan fingerprint density at radius 3 is 2.44 bits per heavy atom. The number of fused-ring (bicyclic) bond motifs is 1. The molecule has 0 saturated carbocycles. The Morgan fingerprint density at radius 1 is 0.974 bits per heavy atom. The molecule has 4 aromatic rings. The molecule has 2 atom stereocenters. The second-order valence-electron chi connectivity index (χ2n) is 10.2. The van der Waals surface area contributed by atoms with Crippen LogP contribution < -0.4 is 10.6 Å². The van der Waals surface area contributed by atoms with Crippen LogP contribution in [0.1, 0.15) is 31.2 Å². The maximum Gasteiger partial charge on any atom is 0.401 e. The summed E-state index contributed by atoms with van der Waals surface area (Å²) in [6.07, 6.45) is -0.944. The van der Waals surface area contributed by atoms with E-state index < -0.39 is 19.1 Å². The molecule has 0 amide bonds. The molecular formula is C30H34F3N5O. The number of nitrogens with one attached hydrogen (secondary N) is 2. The first-order valence-corrected chi connectivity index (χ1v) is 13.3. The predicted molar refractivity (Wildman–Crippen MR) is 149 cm³/mol. The van der Waals surface area contributed by atoms with Gasteiger partial charge in [0.2, 0.25) is 0 Å². The molecule has 1 saturated heterocycles. The second-order valence-corrected chi connectivity index (χ2v) is 10.2. The third-order valence-corrected chi connectivity index (χ3v) is 7.24. The molecule has 9 heteroatoms. The number of imidazole rings is 1. The molecule has 206 valence electrons. The third kappa shape index (κ3) is 6.79. The van der Waals surface area contributed by atoms with Gasteiger partial charge in [-0.2, -0.15) is 13.2 Å². The lowest BCUT2D eigenvalue weighted by atomic mass is 9.97. The number of hydrogen-bond donors (Lipinski definition) is 2. The summed E-state index contributed by atoms with van der Waals surface area (Å²) in [6.45, 7) is 4.67. The topological polar surface area (TPSA) is 54.4 Å². The van der Waals surface area contributed by atoms with E-state index in [0.717, 1.165) is 34.4 Å². The van der Waals surface area contributed by atoms with E-state index in [-0.39, 0.29) is 0 Å². The molecule has 2 unspecified atom stereocenters. The maximum absolute atomic E-state index is 12.6. The summed E-state index contributed by atoms with van der Waals surface area (Å²) in [5.74, 6) is 0.500. The molecule has 1 aliphatic rings. The molecule has 0 aliphatic carbocycles. The number of ether oxygens (including phenoxy) is 1. The predicted octanol–water partition coefficient (Wildman–Crippen LogP) is 6.39. The van der Waals surface area contributed by atoms with Crippen molar-refractivity contribution in [3.05, 3.63) is 78.6 Å². The van der Waals surface area contributed by atoms with Gasteiger partial charge in [0.15, 0.2) is 6.35 Å². The number of alkyl halides is 3. The smallest absolute Gasteiger partial charge is 0.348 e. The fraction of sp³-hybridized carbons (Fsp3) is 0.367. The zero-order valence-electron chi connectivity index (χ0n) is 22.2. The van der Waals surface area contributed by atoms with E-state index >= 15 is 0 Å². The number of rotatable bonds is 10. The van der Waals surface area contributed by atoms with Crippen molar-refractivity contribution >= 4 is 16.7 Å². The van der Waals surface area contributed by atoms with Crippen molar-refractivity contribution < 1.29 is 17.9 Å². The van der Waals surface area contributed by atoms with Crippen LogP contribution in [0.2, 0.25) is 0 Å². The summed E-state index contributed by atoms with van der Waals surface area (Å²) in [5.41, 5.74) is 6.84. The Bertz CT molecular complexity index is 1380. The first-order valence-electron chi connectivity index (χ1n) is 13.3. The van der Waals surface area contributed by atoms with Crippen molar-refractivity contribution in [3.8, 4) is 16.8 Å². The van der Waals surface area contributed by atoms with E-state index in [4.69, 9.17) is 4.74 Å². The molecule has 0 bridgehead atoms. The Hall–Kier alpha value is -3.40. The summed E-state index contributed by atoms with van der Waals surface area (Å²) in [7, 11) is 1.34. The molecule has 3 aromatic carbocycles. The normalized spacial score (nSPS) is 16.0. The Morgan fingerprint density at radius 2 is 1.72 bits per heavy atom. The van der Waals surface area contributed by atoms with Gasteiger partial charge in [-0.25, -0.2) is 4.98 Å². The van der Waals surface area contributed by atoms with Crippen LogP contribution in [0.25, 0.3) is 27.8 Å². The van der Waals surface area contributed by atoms with Crippen molar-refractivity contribution in [3.63, 3.8) is 0 Å². The molecule has 39 heavy (non-hydrogen) atoms. The van der Waals surface area contributed by atoms with Gasteiger partial charge in [0.25, 0.3) is 0 Å². The van der Waals surface area contributed by atoms with E-state index in [1.807, 2.05) is 28.8 Å². The van der Waals surface area contributed by atoms with Crippen LogP contribution in [0, 0.1) is 0 Å². The Labute approximate surface area is 226 Å². The molecule has 5 rings (SSSR count). The number of methoxy groups -OCH3 is 1. The maximum atomic E-state index is 12.6. The van der Waals surface area contributed by atoms with Gasteiger partial charge >= 0.3 is 6.18 Å². The molecule has 1 aromatic heterocycles. The van der Waals surface area contributed by atoms with E-state index in [2.05, 4.69) is 63.8 Å². The zero-order valence-corrected chi connectivity index (χ0v) is 22.2. The minimum absolute atomic E-state index is 0.500. The first-order chi connectivity index (χ1) is 18.8. The molecule has 1 fully saturated rings. The van der Waals surface area contributed by atoms with Crippen LogP contribution in [0.3, 0.4) is 0 Å². The fourth-order valence-electron chi connectivity index (χ4n) is 5.16. The number of hydrogen-bond acceptors (Lipinski definition) is 5. The van der Waals surface area contributed by atoms with Crippen LogP contribution in [0.15, 0.2) is 73.1 Å². The molecule has 1 aliphatic heterocycles. The van der Waals surface area contributed by atoms with Crippen molar-refractivity contribution in [1.82, 2.24) is 19.8 Å². The van der Waals surface area contributed by atoms with Crippen LogP contribution in [-0.4, -0.2) is 60.3 Å². The standard InChI is InChI=1S/C30H34F3N5O/c1-21(18-37-14-3-4-15-37)22-8-10-23(11-9-22)24-12-13-28-27(16-24)35-20-38(28)26-7-5-6-25(17-26)36-29(39-2)34-19-30(31,32)33/h5-13,16-17,20-21,29,34,36H,3-4,14-15,18-19H2,1-2H3. The van der Waals surface area contributed by atoms with Gasteiger partial charge in [0, 0.05) is 25.0 Å². The molecule has 0 radical (unpaired) electrons. The lowest BCUT2D eigenvalue weighted by molar-refractivity contribution is -0.131. The minimum Gasteiger partial charge on any atom is -0.348 e. The average Bonchev–Trinajstić information content (AvgIpc) is 3.60. The van der Waals surface area contributed by atoms with E-state index in [0.29, 0.717) is 11.6 Å². The van der Waals surface area contributed by atoms with Gasteiger partial charge < -0.3 is 15.0 Å². The molecule has 6 nitrogen and oxygen atoms in total. The number of aromatic nitrogens is 2. The minimum atomic E-state index is -4.33. The van der Waals surface area contributed by atoms with Crippen molar-refractivity contribution in [2.45, 2.75) is 38.2 Å². The lowest BCUT2D eigenvalue weighted by Crippen LogP contribution is -2.42. The van der Waals surface area contributed by atoms with Gasteiger partial charge in [-0.15, -0.1) is 0 Å². The van der Waals surface area contributed by atoms with Crippen molar-refractivity contribution in [2.24, 2.45) is 0 Å². The zero-order chi connectivity index (χ0) is 27.4. The van der Waals surface area contributed by atoms with Crippen LogP contribution >= 0.6 is 0 Å². The molecular weight excluding hydrogens is 503 g/mol. The summed E-state index contributed by atoms with van der Waals surface area (Å²) in [6, 6.07) is 22.4. The third-order valence-electron chi connectivity index (χ3n) is 7.24. The highest BCUT2D eigenvalue weighted by molar-refractivity contribution is 5.83.